The lowest BCUT2D eigenvalue weighted by Gasteiger charge is -2.16. The van der Waals surface area contributed by atoms with E-state index in [9.17, 15) is 5.11 Å². The standard InChI is InChI=1S/C12H14BrNOS2/c1-8(12-10(13)3-5-17-12)14-6-11(15)9-2-4-16-7-9/h2-5,7-8,11,14-15H,6H2,1H3. The molecule has 0 fully saturated rings. The van der Waals surface area contributed by atoms with E-state index in [2.05, 4.69) is 33.6 Å². The average Bonchev–Trinajstić information content (AvgIpc) is 2.95. The molecule has 0 aliphatic carbocycles. The van der Waals surface area contributed by atoms with Crippen LogP contribution in [-0.2, 0) is 0 Å². The molecule has 2 aromatic heterocycles. The van der Waals surface area contributed by atoms with Crippen LogP contribution in [0.4, 0.5) is 0 Å². The third kappa shape index (κ3) is 3.39. The van der Waals surface area contributed by atoms with Gasteiger partial charge in [-0.2, -0.15) is 11.3 Å². The molecule has 2 aromatic rings. The van der Waals surface area contributed by atoms with Crippen LogP contribution in [-0.4, -0.2) is 11.7 Å². The summed E-state index contributed by atoms with van der Waals surface area (Å²) < 4.78 is 1.13. The van der Waals surface area contributed by atoms with Crippen LogP contribution in [0.1, 0.15) is 29.5 Å². The fourth-order valence-corrected chi connectivity index (χ4v) is 4.03. The van der Waals surface area contributed by atoms with Gasteiger partial charge in [-0.25, -0.2) is 0 Å². The van der Waals surface area contributed by atoms with E-state index in [0.717, 1.165) is 10.0 Å². The van der Waals surface area contributed by atoms with Crippen LogP contribution < -0.4 is 5.32 Å². The highest BCUT2D eigenvalue weighted by molar-refractivity contribution is 9.10. The number of hydrogen-bond donors (Lipinski definition) is 2. The number of rotatable bonds is 5. The molecule has 2 rings (SSSR count). The van der Waals surface area contributed by atoms with Crippen molar-refractivity contribution in [1.29, 1.82) is 0 Å². The first-order chi connectivity index (χ1) is 8.18. The number of aliphatic hydroxyl groups is 1. The van der Waals surface area contributed by atoms with Crippen LogP contribution in [0.3, 0.4) is 0 Å². The van der Waals surface area contributed by atoms with E-state index in [-0.39, 0.29) is 6.04 Å². The van der Waals surface area contributed by atoms with Crippen molar-refractivity contribution in [2.45, 2.75) is 19.1 Å². The van der Waals surface area contributed by atoms with Crippen molar-refractivity contribution in [2.24, 2.45) is 0 Å². The molecule has 0 saturated carbocycles. The minimum atomic E-state index is -0.428. The lowest BCUT2D eigenvalue weighted by atomic mass is 10.2. The Morgan fingerprint density at radius 1 is 1.41 bits per heavy atom. The molecular weight excluding hydrogens is 318 g/mol. The van der Waals surface area contributed by atoms with E-state index >= 15 is 0 Å². The largest absolute Gasteiger partial charge is 0.387 e. The van der Waals surface area contributed by atoms with Crippen molar-refractivity contribution in [1.82, 2.24) is 5.32 Å². The molecule has 0 aromatic carbocycles. The summed E-state index contributed by atoms with van der Waals surface area (Å²) in [5.41, 5.74) is 0.986. The summed E-state index contributed by atoms with van der Waals surface area (Å²) in [4.78, 5) is 1.27. The minimum Gasteiger partial charge on any atom is -0.387 e. The van der Waals surface area contributed by atoms with Gasteiger partial charge >= 0.3 is 0 Å². The van der Waals surface area contributed by atoms with Gasteiger partial charge in [0.2, 0.25) is 0 Å². The highest BCUT2D eigenvalue weighted by atomic mass is 79.9. The van der Waals surface area contributed by atoms with E-state index in [4.69, 9.17) is 0 Å². The lowest BCUT2D eigenvalue weighted by molar-refractivity contribution is 0.171. The molecule has 0 spiro atoms. The van der Waals surface area contributed by atoms with Gasteiger partial charge in [0.15, 0.2) is 0 Å². The first kappa shape index (κ1) is 13.2. The van der Waals surface area contributed by atoms with E-state index in [1.807, 2.05) is 22.9 Å². The van der Waals surface area contributed by atoms with Crippen LogP contribution in [0.15, 0.2) is 32.7 Å². The number of thiophene rings is 2. The summed E-state index contributed by atoms with van der Waals surface area (Å²) in [5, 5.41) is 19.3. The number of nitrogens with one attached hydrogen (secondary N) is 1. The minimum absolute atomic E-state index is 0.248. The summed E-state index contributed by atoms with van der Waals surface area (Å²) in [6.45, 7) is 2.68. The quantitative estimate of drug-likeness (QED) is 0.869. The molecule has 2 unspecified atom stereocenters. The monoisotopic (exact) mass is 331 g/mol. The van der Waals surface area contributed by atoms with E-state index in [1.165, 1.54) is 4.88 Å². The fraction of sp³-hybridized carbons (Fsp3) is 0.333. The van der Waals surface area contributed by atoms with Crippen LogP contribution in [0, 0.1) is 0 Å². The number of aliphatic hydroxyl groups excluding tert-OH is 1. The van der Waals surface area contributed by atoms with Crippen LogP contribution in [0.2, 0.25) is 0 Å². The first-order valence-electron chi connectivity index (χ1n) is 5.35. The molecule has 2 atom stereocenters. The maximum Gasteiger partial charge on any atom is 0.0922 e. The molecule has 2 heterocycles. The molecule has 5 heteroatoms. The maximum atomic E-state index is 9.96. The summed E-state index contributed by atoms with van der Waals surface area (Å²) in [6, 6.07) is 4.26. The van der Waals surface area contributed by atoms with Crippen molar-refractivity contribution in [2.75, 3.05) is 6.54 Å². The summed E-state index contributed by atoms with van der Waals surface area (Å²) in [5.74, 6) is 0. The van der Waals surface area contributed by atoms with Crippen LogP contribution in [0.25, 0.3) is 0 Å². The zero-order valence-corrected chi connectivity index (χ0v) is 12.6. The molecule has 0 amide bonds. The van der Waals surface area contributed by atoms with Gasteiger partial charge in [0, 0.05) is 21.9 Å². The first-order valence-corrected chi connectivity index (χ1v) is 7.96. The second-order valence-electron chi connectivity index (χ2n) is 3.84. The van der Waals surface area contributed by atoms with Gasteiger partial charge in [-0.15, -0.1) is 11.3 Å². The van der Waals surface area contributed by atoms with Gasteiger partial charge in [0.05, 0.1) is 6.10 Å². The maximum absolute atomic E-state index is 9.96. The fourth-order valence-electron chi connectivity index (χ4n) is 1.58. The van der Waals surface area contributed by atoms with Gasteiger partial charge in [-0.05, 0) is 56.7 Å². The highest BCUT2D eigenvalue weighted by Crippen LogP contribution is 2.29. The van der Waals surface area contributed by atoms with Gasteiger partial charge in [0.1, 0.15) is 0 Å². The predicted octanol–water partition coefficient (Wildman–Crippen LogP) is 3.96. The molecule has 0 saturated heterocycles. The Labute approximate surface area is 117 Å². The normalized spacial score (nSPS) is 14.8. The van der Waals surface area contributed by atoms with Crippen molar-refractivity contribution in [3.63, 3.8) is 0 Å². The zero-order valence-electron chi connectivity index (χ0n) is 9.39. The summed E-state index contributed by atoms with van der Waals surface area (Å²) in [6.07, 6.45) is -0.428. The molecule has 0 bridgehead atoms. The Balaban J connectivity index is 1.88. The average molecular weight is 332 g/mol. The van der Waals surface area contributed by atoms with Gasteiger partial charge in [-0.1, -0.05) is 0 Å². The Morgan fingerprint density at radius 2 is 2.24 bits per heavy atom. The second kappa shape index (κ2) is 6.11. The number of hydrogen-bond acceptors (Lipinski definition) is 4. The van der Waals surface area contributed by atoms with Crippen molar-refractivity contribution in [3.8, 4) is 0 Å². The summed E-state index contributed by atoms with van der Waals surface area (Å²) >= 11 is 6.85. The summed E-state index contributed by atoms with van der Waals surface area (Å²) in [7, 11) is 0. The highest BCUT2D eigenvalue weighted by Gasteiger charge is 2.13. The Hall–Kier alpha value is -0.200. The van der Waals surface area contributed by atoms with Crippen molar-refractivity contribution >= 4 is 38.6 Å². The van der Waals surface area contributed by atoms with E-state index in [1.54, 1.807) is 22.7 Å². The molecule has 0 radical (unpaired) electrons. The smallest absolute Gasteiger partial charge is 0.0922 e. The molecule has 2 N–H and O–H groups in total. The van der Waals surface area contributed by atoms with Gasteiger partial charge in [0.25, 0.3) is 0 Å². The van der Waals surface area contributed by atoms with Crippen molar-refractivity contribution in [3.05, 3.63) is 43.2 Å². The van der Waals surface area contributed by atoms with E-state index < -0.39 is 6.10 Å². The van der Waals surface area contributed by atoms with E-state index in [0.29, 0.717) is 6.54 Å². The molecule has 0 aliphatic rings. The number of halogens is 1. The SMILES string of the molecule is CC(NCC(O)c1ccsc1)c1sccc1Br. The topological polar surface area (TPSA) is 32.3 Å². The molecular formula is C12H14BrNOS2. The molecule has 17 heavy (non-hydrogen) atoms. The van der Waals surface area contributed by atoms with Gasteiger partial charge < -0.3 is 10.4 Å². The predicted molar refractivity (Wildman–Crippen MR) is 77.7 cm³/mol. The Bertz CT molecular complexity index is 455. The van der Waals surface area contributed by atoms with Crippen LogP contribution >= 0.6 is 38.6 Å². The lowest BCUT2D eigenvalue weighted by Crippen LogP contribution is -2.24. The van der Waals surface area contributed by atoms with Crippen molar-refractivity contribution < 1.29 is 5.11 Å². The Kier molecular flexibility index (Phi) is 4.76. The molecule has 0 aliphatic heterocycles. The van der Waals surface area contributed by atoms with Crippen LogP contribution in [0.5, 0.6) is 0 Å². The molecule has 2 nitrogen and oxygen atoms in total. The van der Waals surface area contributed by atoms with Gasteiger partial charge in [-0.3, -0.25) is 0 Å². The third-order valence-corrected chi connectivity index (χ3v) is 5.34. The third-order valence-electron chi connectivity index (χ3n) is 2.58. The second-order valence-corrected chi connectivity index (χ2v) is 6.42. The Morgan fingerprint density at radius 3 is 2.82 bits per heavy atom. The molecule has 92 valence electrons. The zero-order chi connectivity index (χ0) is 12.3.